The Hall–Kier alpha value is -3.68. The Bertz CT molecular complexity index is 1460. The third-order valence-electron chi connectivity index (χ3n) is 7.52. The molecule has 1 aliphatic carbocycles. The Morgan fingerprint density at radius 1 is 0.786 bits per heavy atom. The predicted octanol–water partition coefficient (Wildman–Crippen LogP) is 10.1. The van der Waals surface area contributed by atoms with E-state index in [-0.39, 0.29) is 35.0 Å². The molecule has 1 unspecified atom stereocenters. The molecule has 42 heavy (non-hydrogen) atoms. The lowest BCUT2D eigenvalue weighted by molar-refractivity contribution is 0.263. The highest BCUT2D eigenvalue weighted by Crippen LogP contribution is 2.39. The number of hydrogen-bond donors (Lipinski definition) is 0. The van der Waals surface area contributed by atoms with Gasteiger partial charge in [0.15, 0.2) is 34.8 Å². The van der Waals surface area contributed by atoms with Crippen molar-refractivity contribution >= 4 is 5.57 Å². The first-order chi connectivity index (χ1) is 20.3. The third kappa shape index (κ3) is 7.02. The average molecular weight is 589 g/mol. The number of aryl methyl sites for hydroxylation is 1. The van der Waals surface area contributed by atoms with Crippen LogP contribution in [0.3, 0.4) is 0 Å². The molecule has 0 N–H and O–H groups in total. The Morgan fingerprint density at radius 2 is 1.48 bits per heavy atom. The van der Waals surface area contributed by atoms with Crippen LogP contribution in [-0.2, 0) is 13.0 Å². The summed E-state index contributed by atoms with van der Waals surface area (Å²) >= 11 is 0. The van der Waals surface area contributed by atoms with E-state index in [1.165, 1.54) is 24.3 Å². The van der Waals surface area contributed by atoms with Crippen LogP contribution in [0.2, 0.25) is 0 Å². The van der Waals surface area contributed by atoms with Gasteiger partial charge in [0.2, 0.25) is 11.6 Å². The van der Waals surface area contributed by atoms with Gasteiger partial charge in [-0.3, -0.25) is 0 Å². The van der Waals surface area contributed by atoms with E-state index in [1.54, 1.807) is 18.2 Å². The topological polar surface area (TPSA) is 18.5 Å². The highest BCUT2D eigenvalue weighted by Gasteiger charge is 2.25. The van der Waals surface area contributed by atoms with Crippen molar-refractivity contribution in [2.45, 2.75) is 71.3 Å². The van der Waals surface area contributed by atoms with Gasteiger partial charge in [0, 0.05) is 11.1 Å². The number of rotatable bonds is 12. The molecule has 0 amide bonds. The lowest BCUT2D eigenvalue weighted by Crippen LogP contribution is -2.10. The molecule has 0 heterocycles. The lowest BCUT2D eigenvalue weighted by atomic mass is 9.82. The van der Waals surface area contributed by atoms with Gasteiger partial charge in [-0.1, -0.05) is 55.8 Å². The van der Waals surface area contributed by atoms with Crippen LogP contribution in [0, 0.1) is 34.9 Å². The Kier molecular flexibility index (Phi) is 10.8. The zero-order valence-electron chi connectivity index (χ0n) is 23.7. The van der Waals surface area contributed by atoms with Crippen LogP contribution >= 0.6 is 0 Å². The molecule has 2 nitrogen and oxygen atoms in total. The fraction of sp³-hybridized carbons (Fsp3) is 0.353. The van der Waals surface area contributed by atoms with Crippen molar-refractivity contribution < 1.29 is 35.8 Å². The molecule has 0 radical (unpaired) electrons. The van der Waals surface area contributed by atoms with Gasteiger partial charge >= 0.3 is 0 Å². The summed E-state index contributed by atoms with van der Waals surface area (Å²) in [6.07, 6.45) is 9.14. The highest BCUT2D eigenvalue weighted by atomic mass is 19.2. The monoisotopic (exact) mass is 588 g/mol. The largest absolute Gasteiger partial charge is 0.490 e. The molecular weight excluding hydrogens is 554 g/mol. The van der Waals surface area contributed by atoms with Crippen LogP contribution in [-0.4, -0.2) is 6.61 Å². The Morgan fingerprint density at radius 3 is 2.14 bits per heavy atom. The van der Waals surface area contributed by atoms with Gasteiger partial charge in [0.25, 0.3) is 0 Å². The van der Waals surface area contributed by atoms with E-state index in [9.17, 15) is 22.0 Å². The van der Waals surface area contributed by atoms with Gasteiger partial charge in [-0.05, 0) is 80.2 Å². The maximum Gasteiger partial charge on any atom is 0.204 e. The van der Waals surface area contributed by atoms with E-state index in [4.69, 9.17) is 9.47 Å². The van der Waals surface area contributed by atoms with Crippen LogP contribution in [0.4, 0.5) is 26.3 Å². The molecule has 0 bridgehead atoms. The molecule has 0 saturated carbocycles. The second kappa shape index (κ2) is 14.5. The lowest BCUT2D eigenvalue weighted by Gasteiger charge is -2.24. The number of allylic oxidation sites excluding steroid dienone is 4. The number of halogens is 6. The molecule has 224 valence electrons. The SMILES string of the molecule is C/C=C/CCc1ccc(C2CC=C(c3ccc(COc4ccc(OCCCC)c(F)c4F)c(F)c3F)CC2)c(F)c1F. The summed E-state index contributed by atoms with van der Waals surface area (Å²) in [6, 6.07) is 8.37. The first kappa shape index (κ1) is 31.3. The predicted molar refractivity (Wildman–Crippen MR) is 152 cm³/mol. The third-order valence-corrected chi connectivity index (χ3v) is 7.52. The van der Waals surface area contributed by atoms with Crippen molar-refractivity contribution in [2.75, 3.05) is 6.61 Å². The molecule has 0 aromatic heterocycles. The van der Waals surface area contributed by atoms with E-state index in [0.29, 0.717) is 49.7 Å². The van der Waals surface area contributed by atoms with Crippen LogP contribution in [0.5, 0.6) is 11.5 Å². The molecule has 8 heteroatoms. The van der Waals surface area contributed by atoms with Crippen molar-refractivity contribution in [3.8, 4) is 11.5 Å². The zero-order valence-corrected chi connectivity index (χ0v) is 23.7. The van der Waals surface area contributed by atoms with Gasteiger partial charge in [-0.15, -0.1) is 0 Å². The molecule has 0 fully saturated rings. The molecule has 0 saturated heterocycles. The van der Waals surface area contributed by atoms with E-state index < -0.39 is 47.3 Å². The van der Waals surface area contributed by atoms with E-state index in [0.717, 1.165) is 6.42 Å². The highest BCUT2D eigenvalue weighted by molar-refractivity contribution is 5.67. The minimum absolute atomic E-state index is 0.0616. The molecular formula is C34H34F6O2. The summed E-state index contributed by atoms with van der Waals surface area (Å²) in [5, 5.41) is 0. The molecule has 1 aliphatic rings. The van der Waals surface area contributed by atoms with Crippen molar-refractivity contribution in [3.05, 3.63) is 112 Å². The minimum Gasteiger partial charge on any atom is -0.490 e. The van der Waals surface area contributed by atoms with Gasteiger partial charge in [-0.25, -0.2) is 17.6 Å². The van der Waals surface area contributed by atoms with Crippen LogP contribution in [0.15, 0.2) is 54.6 Å². The molecule has 0 aliphatic heterocycles. The number of benzene rings is 3. The summed E-state index contributed by atoms with van der Waals surface area (Å²) in [5.41, 5.74) is 1.06. The van der Waals surface area contributed by atoms with E-state index in [2.05, 4.69) is 0 Å². The van der Waals surface area contributed by atoms with E-state index in [1.807, 2.05) is 26.0 Å². The first-order valence-corrected chi connectivity index (χ1v) is 14.2. The average Bonchev–Trinajstić information content (AvgIpc) is 2.99. The second-order valence-corrected chi connectivity index (χ2v) is 10.3. The molecule has 1 atom stereocenters. The van der Waals surface area contributed by atoms with Crippen LogP contribution in [0.1, 0.15) is 80.5 Å². The van der Waals surface area contributed by atoms with Gasteiger partial charge in [0.1, 0.15) is 6.61 Å². The number of unbranched alkanes of at least 4 members (excludes halogenated alkanes) is 1. The number of ether oxygens (including phenoxy) is 2. The van der Waals surface area contributed by atoms with Gasteiger partial charge in [-0.2, -0.15) is 8.78 Å². The minimum atomic E-state index is -1.27. The van der Waals surface area contributed by atoms with Crippen molar-refractivity contribution in [2.24, 2.45) is 0 Å². The van der Waals surface area contributed by atoms with Crippen molar-refractivity contribution in [1.29, 1.82) is 0 Å². The van der Waals surface area contributed by atoms with Gasteiger partial charge < -0.3 is 9.47 Å². The number of hydrogen-bond acceptors (Lipinski definition) is 2. The summed E-state index contributed by atoms with van der Waals surface area (Å²) in [7, 11) is 0. The summed E-state index contributed by atoms with van der Waals surface area (Å²) in [5.74, 6) is -7.40. The first-order valence-electron chi connectivity index (χ1n) is 14.2. The zero-order chi connectivity index (χ0) is 30.2. The fourth-order valence-corrected chi connectivity index (χ4v) is 5.05. The quantitative estimate of drug-likeness (QED) is 0.119. The Balaban J connectivity index is 1.43. The standard InChI is InChI=1S/C34H34F6O2/c1-3-5-7-8-23-13-15-25(31(37)29(23)35)21-9-11-22(12-10-21)26-16-14-24(30(36)32(26)38)20-42-28-18-17-27(33(39)34(28)40)41-19-6-4-2/h3,5,11,13-18,21H,4,6-10,12,19-20H2,1-2H3/b5-3+. The van der Waals surface area contributed by atoms with Crippen LogP contribution in [0.25, 0.3) is 5.57 Å². The maximum absolute atomic E-state index is 15.1. The summed E-state index contributed by atoms with van der Waals surface area (Å²) in [6.45, 7) is 3.52. The fourth-order valence-electron chi connectivity index (χ4n) is 5.05. The van der Waals surface area contributed by atoms with E-state index >= 15 is 4.39 Å². The Labute approximate surface area is 242 Å². The maximum atomic E-state index is 15.1. The van der Waals surface area contributed by atoms with Crippen molar-refractivity contribution in [3.63, 3.8) is 0 Å². The van der Waals surface area contributed by atoms with Crippen molar-refractivity contribution in [1.82, 2.24) is 0 Å². The summed E-state index contributed by atoms with van der Waals surface area (Å²) in [4.78, 5) is 0. The normalized spacial score (nSPS) is 15.2. The summed E-state index contributed by atoms with van der Waals surface area (Å²) < 4.78 is 98.8. The molecule has 0 spiro atoms. The second-order valence-electron chi connectivity index (χ2n) is 10.3. The van der Waals surface area contributed by atoms with Gasteiger partial charge in [0.05, 0.1) is 6.61 Å². The molecule has 3 aromatic rings. The molecule has 4 rings (SSSR count). The van der Waals surface area contributed by atoms with Crippen LogP contribution < -0.4 is 9.47 Å². The molecule has 3 aromatic carbocycles. The smallest absolute Gasteiger partial charge is 0.204 e.